The summed E-state index contributed by atoms with van der Waals surface area (Å²) in [5.41, 5.74) is 0.0161. The zero-order valence-corrected chi connectivity index (χ0v) is 14.1. The first-order valence-corrected chi connectivity index (χ1v) is 8.01. The molecule has 23 heavy (non-hydrogen) atoms. The fourth-order valence-electron chi connectivity index (χ4n) is 1.89. The third kappa shape index (κ3) is 4.13. The maximum absolute atomic E-state index is 12.8. The summed E-state index contributed by atoms with van der Waals surface area (Å²) in [5.74, 6) is -0.349. The molecule has 122 valence electrons. The number of nitrogens with zero attached hydrogens (tertiary/aromatic N) is 3. The highest BCUT2D eigenvalue weighted by molar-refractivity contribution is 14.1. The summed E-state index contributed by atoms with van der Waals surface area (Å²) in [4.78, 5) is 3.45. The highest BCUT2D eigenvalue weighted by atomic mass is 127. The van der Waals surface area contributed by atoms with Crippen molar-refractivity contribution in [1.29, 1.82) is 5.26 Å². The standard InChI is InChI=1S/C14H11F3IN3O2/c1-8-10(7-22-21-8)11(4-5-18)23-13-9(6-19)2-3-12(20-13)14(15,16)17/h2-3,7,11H,4-5H2,1H3. The van der Waals surface area contributed by atoms with Gasteiger partial charge in [0.1, 0.15) is 29.7 Å². The van der Waals surface area contributed by atoms with E-state index in [4.69, 9.17) is 14.5 Å². The Morgan fingerprint density at radius 2 is 2.17 bits per heavy atom. The minimum absolute atomic E-state index is 0.0643. The van der Waals surface area contributed by atoms with E-state index in [2.05, 4.69) is 32.7 Å². The highest BCUT2D eigenvalue weighted by Gasteiger charge is 2.34. The van der Waals surface area contributed by atoms with E-state index >= 15 is 0 Å². The summed E-state index contributed by atoms with van der Waals surface area (Å²) in [6.45, 7) is 1.70. The molecule has 0 amide bonds. The minimum atomic E-state index is -4.61. The van der Waals surface area contributed by atoms with Gasteiger partial charge < -0.3 is 9.26 Å². The maximum Gasteiger partial charge on any atom is 0.433 e. The Morgan fingerprint density at radius 1 is 1.43 bits per heavy atom. The summed E-state index contributed by atoms with van der Waals surface area (Å²) in [6, 6.07) is 3.59. The molecule has 1 atom stereocenters. The van der Waals surface area contributed by atoms with Crippen molar-refractivity contribution in [1.82, 2.24) is 10.1 Å². The van der Waals surface area contributed by atoms with Gasteiger partial charge in [-0.2, -0.15) is 18.4 Å². The van der Waals surface area contributed by atoms with Gasteiger partial charge in [0.25, 0.3) is 0 Å². The predicted molar refractivity (Wildman–Crippen MR) is 82.1 cm³/mol. The third-order valence-electron chi connectivity index (χ3n) is 3.03. The molecule has 0 saturated carbocycles. The molecule has 2 heterocycles. The topological polar surface area (TPSA) is 71.9 Å². The monoisotopic (exact) mass is 437 g/mol. The molecule has 2 aromatic heterocycles. The third-order valence-corrected chi connectivity index (χ3v) is 3.65. The van der Waals surface area contributed by atoms with Crippen LogP contribution in [0.25, 0.3) is 0 Å². The Labute approximate surface area is 143 Å². The Kier molecular flexibility index (Phi) is 5.46. The number of aromatic nitrogens is 2. The van der Waals surface area contributed by atoms with E-state index in [1.54, 1.807) is 13.0 Å². The zero-order chi connectivity index (χ0) is 17.0. The molecule has 0 spiro atoms. The van der Waals surface area contributed by atoms with Crippen LogP contribution in [0.1, 0.15) is 35.0 Å². The molecule has 0 fully saturated rings. The number of hydrogen-bond acceptors (Lipinski definition) is 5. The van der Waals surface area contributed by atoms with Crippen molar-refractivity contribution < 1.29 is 22.4 Å². The highest BCUT2D eigenvalue weighted by Crippen LogP contribution is 2.33. The molecule has 2 rings (SSSR count). The second-order valence-corrected chi connectivity index (χ2v) is 5.68. The lowest BCUT2D eigenvalue weighted by Crippen LogP contribution is -2.14. The Bertz CT molecular complexity index is 725. The van der Waals surface area contributed by atoms with Gasteiger partial charge in [-0.15, -0.1) is 0 Å². The van der Waals surface area contributed by atoms with E-state index in [0.29, 0.717) is 22.1 Å². The largest absolute Gasteiger partial charge is 0.468 e. The Hall–Kier alpha value is -1.83. The predicted octanol–water partition coefficient (Wildman–Crippen LogP) is 4.21. The SMILES string of the molecule is Cc1nocc1C(CCI)Oc1nc(C(F)(F)F)ccc1C#N. The van der Waals surface area contributed by atoms with Gasteiger partial charge in [0.2, 0.25) is 5.88 Å². The van der Waals surface area contributed by atoms with E-state index in [9.17, 15) is 13.2 Å². The van der Waals surface area contributed by atoms with Gasteiger partial charge in [0.05, 0.1) is 11.3 Å². The first-order valence-electron chi connectivity index (χ1n) is 6.48. The van der Waals surface area contributed by atoms with Crippen LogP contribution >= 0.6 is 22.6 Å². The maximum atomic E-state index is 12.8. The smallest absolute Gasteiger partial charge is 0.433 e. The molecule has 0 saturated heterocycles. The molecule has 0 aliphatic heterocycles. The van der Waals surface area contributed by atoms with E-state index < -0.39 is 18.0 Å². The van der Waals surface area contributed by atoms with E-state index in [-0.39, 0.29) is 11.4 Å². The van der Waals surface area contributed by atoms with Crippen molar-refractivity contribution in [3.8, 4) is 11.9 Å². The lowest BCUT2D eigenvalue weighted by atomic mass is 10.1. The number of nitriles is 1. The molecule has 0 bridgehead atoms. The van der Waals surface area contributed by atoms with Gasteiger partial charge in [-0.3, -0.25) is 0 Å². The van der Waals surface area contributed by atoms with Crippen LogP contribution in [-0.4, -0.2) is 14.6 Å². The van der Waals surface area contributed by atoms with Crippen LogP contribution in [-0.2, 0) is 6.18 Å². The van der Waals surface area contributed by atoms with Crippen molar-refractivity contribution in [3.63, 3.8) is 0 Å². The summed E-state index contributed by atoms with van der Waals surface area (Å²) in [6.07, 6.45) is -3.32. The van der Waals surface area contributed by atoms with Crippen molar-refractivity contribution in [2.24, 2.45) is 0 Å². The Balaban J connectivity index is 2.39. The van der Waals surface area contributed by atoms with Crippen LogP contribution < -0.4 is 4.74 Å². The van der Waals surface area contributed by atoms with E-state index in [1.165, 1.54) is 6.26 Å². The number of aryl methyl sites for hydroxylation is 1. The fourth-order valence-corrected chi connectivity index (χ4v) is 2.46. The number of hydrogen-bond donors (Lipinski definition) is 0. The van der Waals surface area contributed by atoms with Crippen LogP contribution in [0.5, 0.6) is 5.88 Å². The number of rotatable bonds is 5. The second kappa shape index (κ2) is 7.16. The molecule has 0 N–H and O–H groups in total. The summed E-state index contributed by atoms with van der Waals surface area (Å²) < 4.78 is 49.5. The van der Waals surface area contributed by atoms with E-state index in [0.717, 1.165) is 12.1 Å². The van der Waals surface area contributed by atoms with Gasteiger partial charge >= 0.3 is 6.18 Å². The summed E-state index contributed by atoms with van der Waals surface area (Å²) in [5, 5.41) is 12.8. The first-order chi connectivity index (χ1) is 10.9. The first kappa shape index (κ1) is 17.5. The van der Waals surface area contributed by atoms with Gasteiger partial charge in [-0.25, -0.2) is 4.98 Å². The van der Waals surface area contributed by atoms with Gasteiger partial charge in [0, 0.05) is 4.43 Å². The molecule has 1 unspecified atom stereocenters. The van der Waals surface area contributed by atoms with Gasteiger partial charge in [-0.1, -0.05) is 27.7 Å². The molecule has 0 aromatic carbocycles. The van der Waals surface area contributed by atoms with Gasteiger partial charge in [0.15, 0.2) is 0 Å². The van der Waals surface area contributed by atoms with Crippen LogP contribution in [0.15, 0.2) is 22.9 Å². The molecule has 5 nitrogen and oxygen atoms in total. The average Bonchev–Trinajstić information content (AvgIpc) is 2.92. The summed E-state index contributed by atoms with van der Waals surface area (Å²) >= 11 is 2.12. The van der Waals surface area contributed by atoms with Crippen LogP contribution in [0.3, 0.4) is 0 Å². The minimum Gasteiger partial charge on any atom is -0.468 e. The molecule has 2 aromatic rings. The van der Waals surface area contributed by atoms with Crippen LogP contribution in [0, 0.1) is 18.3 Å². The lowest BCUT2D eigenvalue weighted by molar-refractivity contribution is -0.141. The molecule has 9 heteroatoms. The molecule has 0 aliphatic rings. The Morgan fingerprint density at radius 3 is 2.70 bits per heavy atom. The fraction of sp³-hybridized carbons (Fsp3) is 0.357. The molecule has 0 aliphatic carbocycles. The lowest BCUT2D eigenvalue weighted by Gasteiger charge is -2.18. The molecular formula is C14H11F3IN3O2. The average molecular weight is 437 g/mol. The zero-order valence-electron chi connectivity index (χ0n) is 11.9. The van der Waals surface area contributed by atoms with Crippen molar-refractivity contribution in [2.75, 3.05) is 4.43 Å². The number of halogens is 4. The van der Waals surface area contributed by atoms with Crippen LogP contribution in [0.4, 0.5) is 13.2 Å². The number of ether oxygens (including phenoxy) is 1. The van der Waals surface area contributed by atoms with Crippen molar-refractivity contribution in [3.05, 3.63) is 40.9 Å². The van der Waals surface area contributed by atoms with Crippen molar-refractivity contribution in [2.45, 2.75) is 25.6 Å². The van der Waals surface area contributed by atoms with Crippen LogP contribution in [0.2, 0.25) is 0 Å². The summed E-state index contributed by atoms with van der Waals surface area (Å²) in [7, 11) is 0. The second-order valence-electron chi connectivity index (χ2n) is 4.60. The molecule has 0 radical (unpaired) electrons. The molecular weight excluding hydrogens is 426 g/mol. The van der Waals surface area contributed by atoms with E-state index in [1.807, 2.05) is 0 Å². The quantitative estimate of drug-likeness (QED) is 0.518. The van der Waals surface area contributed by atoms with Crippen molar-refractivity contribution >= 4 is 22.6 Å². The number of pyridine rings is 1. The number of alkyl halides is 4. The van der Waals surface area contributed by atoms with Gasteiger partial charge in [-0.05, 0) is 25.5 Å². The normalized spacial score (nSPS) is 12.7.